The SMILES string of the molecule is CCc1cc(F)ccc1[C@H](N)CO. The molecule has 0 aliphatic heterocycles. The van der Waals surface area contributed by atoms with E-state index in [0.29, 0.717) is 0 Å². The van der Waals surface area contributed by atoms with Gasteiger partial charge < -0.3 is 10.8 Å². The molecule has 0 spiro atoms. The van der Waals surface area contributed by atoms with E-state index in [-0.39, 0.29) is 12.4 Å². The van der Waals surface area contributed by atoms with E-state index in [1.807, 2.05) is 6.92 Å². The van der Waals surface area contributed by atoms with Crippen LogP contribution in [0.25, 0.3) is 0 Å². The third-order valence-corrected chi connectivity index (χ3v) is 2.08. The molecule has 13 heavy (non-hydrogen) atoms. The van der Waals surface area contributed by atoms with Gasteiger partial charge in [0.05, 0.1) is 12.6 Å². The summed E-state index contributed by atoms with van der Waals surface area (Å²) in [6.45, 7) is 1.82. The molecule has 0 aliphatic carbocycles. The van der Waals surface area contributed by atoms with E-state index in [2.05, 4.69) is 0 Å². The van der Waals surface area contributed by atoms with Crippen LogP contribution >= 0.6 is 0 Å². The fourth-order valence-corrected chi connectivity index (χ4v) is 1.34. The van der Waals surface area contributed by atoms with Gasteiger partial charge in [-0.2, -0.15) is 0 Å². The summed E-state index contributed by atoms with van der Waals surface area (Å²) in [5.74, 6) is -0.259. The minimum absolute atomic E-state index is 0.112. The Labute approximate surface area is 77.2 Å². The van der Waals surface area contributed by atoms with Gasteiger partial charge in [0.2, 0.25) is 0 Å². The number of hydrogen-bond acceptors (Lipinski definition) is 2. The van der Waals surface area contributed by atoms with Crippen LogP contribution in [0.5, 0.6) is 0 Å². The Morgan fingerprint density at radius 1 is 1.54 bits per heavy atom. The highest BCUT2D eigenvalue weighted by atomic mass is 19.1. The number of rotatable bonds is 3. The number of halogens is 1. The molecule has 0 amide bonds. The molecule has 1 rings (SSSR count). The molecular formula is C10H14FNO. The summed E-state index contributed by atoms with van der Waals surface area (Å²) in [5, 5.41) is 8.86. The van der Waals surface area contributed by atoms with Crippen LogP contribution in [0.4, 0.5) is 4.39 Å². The van der Waals surface area contributed by atoms with E-state index in [0.717, 1.165) is 17.5 Å². The first kappa shape index (κ1) is 10.2. The Morgan fingerprint density at radius 3 is 2.77 bits per heavy atom. The average molecular weight is 183 g/mol. The summed E-state index contributed by atoms with van der Waals surface area (Å²) in [6, 6.07) is 4.06. The lowest BCUT2D eigenvalue weighted by Crippen LogP contribution is -2.16. The molecule has 1 aromatic rings. The van der Waals surface area contributed by atoms with Crippen molar-refractivity contribution in [1.29, 1.82) is 0 Å². The summed E-state index contributed by atoms with van der Waals surface area (Å²) >= 11 is 0. The number of aliphatic hydroxyl groups excluding tert-OH is 1. The molecule has 1 aromatic carbocycles. The second-order valence-electron chi connectivity index (χ2n) is 2.99. The summed E-state index contributed by atoms with van der Waals surface area (Å²) in [4.78, 5) is 0. The number of benzene rings is 1. The quantitative estimate of drug-likeness (QED) is 0.743. The topological polar surface area (TPSA) is 46.2 Å². The van der Waals surface area contributed by atoms with Crippen LogP contribution in [-0.4, -0.2) is 11.7 Å². The predicted molar refractivity (Wildman–Crippen MR) is 49.8 cm³/mol. The molecule has 3 N–H and O–H groups in total. The van der Waals surface area contributed by atoms with Crippen LogP contribution in [-0.2, 0) is 6.42 Å². The van der Waals surface area contributed by atoms with Gasteiger partial charge in [-0.15, -0.1) is 0 Å². The average Bonchev–Trinajstić information content (AvgIpc) is 2.16. The van der Waals surface area contributed by atoms with Crippen molar-refractivity contribution in [2.75, 3.05) is 6.61 Å². The van der Waals surface area contributed by atoms with Crippen LogP contribution < -0.4 is 5.73 Å². The standard InChI is InChI=1S/C10H14FNO/c1-2-7-5-8(11)3-4-9(7)10(12)6-13/h3-5,10,13H,2,6,12H2,1H3/t10-/m1/s1. The van der Waals surface area contributed by atoms with Crippen molar-refractivity contribution in [3.8, 4) is 0 Å². The summed E-state index contributed by atoms with van der Waals surface area (Å²) in [7, 11) is 0. The lowest BCUT2D eigenvalue weighted by atomic mass is 9.99. The van der Waals surface area contributed by atoms with Gasteiger partial charge in [0.1, 0.15) is 5.82 Å². The zero-order valence-corrected chi connectivity index (χ0v) is 7.63. The van der Waals surface area contributed by atoms with Crippen LogP contribution in [0.15, 0.2) is 18.2 Å². The molecule has 0 unspecified atom stereocenters. The number of hydrogen-bond donors (Lipinski definition) is 2. The normalized spacial score (nSPS) is 12.9. The molecule has 0 fully saturated rings. The molecule has 1 atom stereocenters. The van der Waals surface area contributed by atoms with Gasteiger partial charge in [0, 0.05) is 0 Å². The zero-order chi connectivity index (χ0) is 9.84. The van der Waals surface area contributed by atoms with Gasteiger partial charge in [0.25, 0.3) is 0 Å². The minimum atomic E-state index is -0.407. The maximum atomic E-state index is 12.8. The van der Waals surface area contributed by atoms with Gasteiger partial charge in [-0.1, -0.05) is 13.0 Å². The van der Waals surface area contributed by atoms with Crippen molar-refractivity contribution >= 4 is 0 Å². The fourth-order valence-electron chi connectivity index (χ4n) is 1.34. The molecule has 3 heteroatoms. The molecule has 0 radical (unpaired) electrons. The number of aryl methyl sites for hydroxylation is 1. The van der Waals surface area contributed by atoms with Gasteiger partial charge in [-0.3, -0.25) is 0 Å². The summed E-state index contributed by atoms with van der Waals surface area (Å²) in [5.41, 5.74) is 7.34. The van der Waals surface area contributed by atoms with E-state index in [9.17, 15) is 4.39 Å². The maximum Gasteiger partial charge on any atom is 0.123 e. The molecule has 0 saturated carbocycles. The highest BCUT2D eigenvalue weighted by molar-refractivity contribution is 5.30. The molecule has 72 valence electrons. The monoisotopic (exact) mass is 183 g/mol. The second kappa shape index (κ2) is 4.35. The smallest absolute Gasteiger partial charge is 0.123 e. The summed E-state index contributed by atoms with van der Waals surface area (Å²) in [6.07, 6.45) is 0.723. The first-order chi connectivity index (χ1) is 6.19. The largest absolute Gasteiger partial charge is 0.394 e. The van der Waals surface area contributed by atoms with Crippen molar-refractivity contribution in [2.45, 2.75) is 19.4 Å². The van der Waals surface area contributed by atoms with E-state index in [1.54, 1.807) is 6.07 Å². The Balaban J connectivity index is 3.05. The van der Waals surface area contributed by atoms with Crippen molar-refractivity contribution in [3.05, 3.63) is 35.1 Å². The van der Waals surface area contributed by atoms with E-state index in [1.165, 1.54) is 12.1 Å². The maximum absolute atomic E-state index is 12.8. The molecular weight excluding hydrogens is 169 g/mol. The molecule has 2 nitrogen and oxygen atoms in total. The Morgan fingerprint density at radius 2 is 2.23 bits per heavy atom. The third kappa shape index (κ3) is 2.26. The molecule has 0 bridgehead atoms. The van der Waals surface area contributed by atoms with Crippen molar-refractivity contribution in [3.63, 3.8) is 0 Å². The van der Waals surface area contributed by atoms with Crippen LogP contribution in [0.3, 0.4) is 0 Å². The van der Waals surface area contributed by atoms with Gasteiger partial charge in [-0.05, 0) is 29.7 Å². The van der Waals surface area contributed by atoms with E-state index in [4.69, 9.17) is 10.8 Å². The van der Waals surface area contributed by atoms with Crippen molar-refractivity contribution < 1.29 is 9.50 Å². The molecule has 0 heterocycles. The molecule has 0 aromatic heterocycles. The Bertz CT molecular complexity index is 288. The van der Waals surface area contributed by atoms with Crippen LogP contribution in [0, 0.1) is 5.82 Å². The van der Waals surface area contributed by atoms with Crippen LogP contribution in [0.2, 0.25) is 0 Å². The molecule has 0 saturated heterocycles. The second-order valence-corrected chi connectivity index (χ2v) is 2.99. The van der Waals surface area contributed by atoms with Crippen molar-refractivity contribution in [2.24, 2.45) is 5.73 Å². The lowest BCUT2D eigenvalue weighted by Gasteiger charge is -2.13. The zero-order valence-electron chi connectivity index (χ0n) is 7.63. The van der Waals surface area contributed by atoms with Gasteiger partial charge in [0.15, 0.2) is 0 Å². The Hall–Kier alpha value is -0.930. The van der Waals surface area contributed by atoms with Gasteiger partial charge in [-0.25, -0.2) is 4.39 Å². The number of aliphatic hydroxyl groups is 1. The minimum Gasteiger partial charge on any atom is -0.394 e. The fraction of sp³-hybridized carbons (Fsp3) is 0.400. The number of nitrogens with two attached hydrogens (primary N) is 1. The lowest BCUT2D eigenvalue weighted by molar-refractivity contribution is 0.267. The van der Waals surface area contributed by atoms with E-state index < -0.39 is 6.04 Å². The summed E-state index contributed by atoms with van der Waals surface area (Å²) < 4.78 is 12.8. The van der Waals surface area contributed by atoms with Crippen molar-refractivity contribution in [1.82, 2.24) is 0 Å². The first-order valence-corrected chi connectivity index (χ1v) is 4.33. The molecule has 0 aliphatic rings. The highest BCUT2D eigenvalue weighted by Crippen LogP contribution is 2.17. The third-order valence-electron chi connectivity index (χ3n) is 2.08. The first-order valence-electron chi connectivity index (χ1n) is 4.33. The predicted octanol–water partition coefficient (Wildman–Crippen LogP) is 1.38. The van der Waals surface area contributed by atoms with Gasteiger partial charge >= 0.3 is 0 Å². The Kier molecular flexibility index (Phi) is 3.39. The van der Waals surface area contributed by atoms with E-state index >= 15 is 0 Å². The highest BCUT2D eigenvalue weighted by Gasteiger charge is 2.09. The van der Waals surface area contributed by atoms with Crippen LogP contribution in [0.1, 0.15) is 24.1 Å².